The van der Waals surface area contributed by atoms with Crippen LogP contribution in [0, 0.1) is 5.41 Å². The van der Waals surface area contributed by atoms with E-state index in [4.69, 9.17) is 14.2 Å². The van der Waals surface area contributed by atoms with Crippen LogP contribution < -0.4 is 9.64 Å². The molecule has 1 saturated heterocycles. The van der Waals surface area contributed by atoms with Crippen molar-refractivity contribution in [3.8, 4) is 5.75 Å². The molecular weight excluding hydrogens is 424 g/mol. The minimum atomic E-state index is -2.08. The van der Waals surface area contributed by atoms with Gasteiger partial charge in [0.1, 0.15) is 5.75 Å². The summed E-state index contributed by atoms with van der Waals surface area (Å²) in [7, 11) is 4.77. The second-order valence-electron chi connectivity index (χ2n) is 9.76. The van der Waals surface area contributed by atoms with E-state index in [1.807, 2.05) is 31.0 Å². The predicted octanol–water partition coefficient (Wildman–Crippen LogP) is 1.64. The molecule has 33 heavy (non-hydrogen) atoms. The molecule has 3 aliphatic heterocycles. The number of carbonyl (C=O) groups excluding carboxylic acids is 2. The van der Waals surface area contributed by atoms with E-state index in [9.17, 15) is 14.7 Å². The van der Waals surface area contributed by atoms with Crippen LogP contribution in [0.4, 0.5) is 5.69 Å². The Morgan fingerprint density at radius 3 is 2.64 bits per heavy atom. The largest absolute Gasteiger partial charge is 0.497 e. The second kappa shape index (κ2) is 7.21. The van der Waals surface area contributed by atoms with Gasteiger partial charge in [-0.15, -0.1) is 0 Å². The first-order chi connectivity index (χ1) is 15.7. The number of benzene rings is 1. The number of hydrogen-bond acceptors (Lipinski definition) is 8. The SMILES string of the molecule is CC[C@@]12C=CCN3CC[C@]4(c5ccc(OC)cc5N(C)C4[C@](O)(C(=O)OC)C1OC(C)=O)C32. The zero-order valence-corrected chi connectivity index (χ0v) is 19.8. The lowest BCUT2D eigenvalue weighted by molar-refractivity contribution is -0.228. The van der Waals surface area contributed by atoms with Gasteiger partial charge in [-0.25, -0.2) is 4.79 Å². The van der Waals surface area contributed by atoms with Crippen LogP contribution in [0.2, 0.25) is 0 Å². The monoisotopic (exact) mass is 456 g/mol. The van der Waals surface area contributed by atoms with Gasteiger partial charge in [-0.1, -0.05) is 25.1 Å². The van der Waals surface area contributed by atoms with Crippen molar-refractivity contribution in [3.63, 3.8) is 0 Å². The maximum atomic E-state index is 13.5. The lowest BCUT2D eigenvalue weighted by Gasteiger charge is -2.63. The molecule has 8 heteroatoms. The van der Waals surface area contributed by atoms with Crippen molar-refractivity contribution >= 4 is 17.6 Å². The summed E-state index contributed by atoms with van der Waals surface area (Å²) in [5.74, 6) is -0.617. The van der Waals surface area contributed by atoms with E-state index in [0.717, 1.165) is 30.8 Å². The number of hydrogen-bond donors (Lipinski definition) is 1. The van der Waals surface area contributed by atoms with Crippen molar-refractivity contribution in [2.45, 2.75) is 55.9 Å². The molecule has 1 N–H and O–H groups in total. The lowest BCUT2D eigenvalue weighted by Crippen LogP contribution is -2.81. The molecular formula is C25H32N2O6. The first-order valence-corrected chi connectivity index (χ1v) is 11.5. The fourth-order valence-electron chi connectivity index (χ4n) is 7.68. The van der Waals surface area contributed by atoms with Crippen LogP contribution in [-0.2, 0) is 24.5 Å². The van der Waals surface area contributed by atoms with E-state index in [1.54, 1.807) is 7.11 Å². The summed E-state index contributed by atoms with van der Waals surface area (Å²) in [6, 6.07) is 5.22. The number of anilines is 1. The summed E-state index contributed by atoms with van der Waals surface area (Å²) in [4.78, 5) is 30.2. The average Bonchev–Trinajstić information content (AvgIpc) is 3.32. The van der Waals surface area contributed by atoms with Crippen LogP contribution in [-0.4, -0.2) is 80.1 Å². The third kappa shape index (κ3) is 2.48. The summed E-state index contributed by atoms with van der Waals surface area (Å²) < 4.78 is 16.6. The molecule has 0 radical (unpaired) electrons. The quantitative estimate of drug-likeness (QED) is 0.541. The maximum absolute atomic E-state index is 13.5. The van der Waals surface area contributed by atoms with Gasteiger partial charge in [0.05, 0.1) is 20.3 Å². The minimum Gasteiger partial charge on any atom is -0.497 e. The Hall–Kier alpha value is -2.58. The first-order valence-electron chi connectivity index (χ1n) is 11.5. The van der Waals surface area contributed by atoms with E-state index >= 15 is 0 Å². The number of ether oxygens (including phenoxy) is 3. The first kappa shape index (κ1) is 22.2. The topological polar surface area (TPSA) is 88.5 Å². The number of carbonyl (C=O) groups is 2. The Balaban J connectivity index is 1.86. The van der Waals surface area contributed by atoms with Gasteiger partial charge < -0.3 is 24.2 Å². The molecule has 0 aromatic heterocycles. The van der Waals surface area contributed by atoms with Gasteiger partial charge in [0.25, 0.3) is 0 Å². The van der Waals surface area contributed by atoms with Gasteiger partial charge in [-0.05, 0) is 31.0 Å². The Kier molecular flexibility index (Phi) is 4.85. The third-order valence-corrected chi connectivity index (χ3v) is 8.62. The second-order valence-corrected chi connectivity index (χ2v) is 9.76. The summed E-state index contributed by atoms with van der Waals surface area (Å²) in [6.45, 7) is 4.94. The Morgan fingerprint density at radius 1 is 1.24 bits per heavy atom. The Bertz CT molecular complexity index is 1040. The van der Waals surface area contributed by atoms with Crippen molar-refractivity contribution in [1.29, 1.82) is 0 Å². The van der Waals surface area contributed by atoms with Gasteiger partial charge in [0.2, 0.25) is 5.60 Å². The van der Waals surface area contributed by atoms with E-state index in [0.29, 0.717) is 12.2 Å². The Labute approximate surface area is 194 Å². The van der Waals surface area contributed by atoms with E-state index in [1.165, 1.54) is 14.0 Å². The standard InChI is InChI=1S/C25H32N2O6/c1-6-23-10-7-12-27-13-11-24(19(23)27)17-9-8-16(31-4)14-18(17)26(3)20(24)25(30,22(29)32-5)21(23)33-15(2)28/h7-10,14,19-21,30H,6,11-13H2,1-5H3/t19?,20?,21?,23-,24-,25+/m0/s1. The number of rotatable bonds is 4. The molecule has 2 fully saturated rings. The zero-order valence-electron chi connectivity index (χ0n) is 19.8. The maximum Gasteiger partial charge on any atom is 0.344 e. The van der Waals surface area contributed by atoms with Gasteiger partial charge in [-0.2, -0.15) is 0 Å². The molecule has 8 nitrogen and oxygen atoms in total. The van der Waals surface area contributed by atoms with Crippen molar-refractivity contribution in [2.24, 2.45) is 5.41 Å². The fourth-order valence-corrected chi connectivity index (χ4v) is 7.68. The summed E-state index contributed by atoms with van der Waals surface area (Å²) >= 11 is 0. The van der Waals surface area contributed by atoms with Gasteiger partial charge in [0, 0.05) is 49.1 Å². The molecule has 178 valence electrons. The molecule has 1 saturated carbocycles. The number of fused-ring (bicyclic) bond motifs is 1. The highest BCUT2D eigenvalue weighted by molar-refractivity contribution is 5.87. The average molecular weight is 457 g/mol. The predicted molar refractivity (Wildman–Crippen MR) is 121 cm³/mol. The van der Waals surface area contributed by atoms with Gasteiger partial charge in [0.15, 0.2) is 6.10 Å². The van der Waals surface area contributed by atoms with Gasteiger partial charge in [-0.3, -0.25) is 9.69 Å². The van der Waals surface area contributed by atoms with Crippen LogP contribution >= 0.6 is 0 Å². The van der Waals surface area contributed by atoms with Crippen molar-refractivity contribution in [3.05, 3.63) is 35.9 Å². The summed E-state index contributed by atoms with van der Waals surface area (Å²) in [5.41, 5.74) is -1.41. The molecule has 4 aliphatic rings. The van der Waals surface area contributed by atoms with E-state index < -0.39 is 40.5 Å². The van der Waals surface area contributed by atoms with E-state index in [2.05, 4.69) is 23.1 Å². The number of likely N-dealkylation sites (N-methyl/N-ethyl adjacent to an activating group) is 1. The highest BCUT2D eigenvalue weighted by Crippen LogP contribution is 2.67. The molecule has 3 unspecified atom stereocenters. The molecule has 3 heterocycles. The Morgan fingerprint density at radius 2 is 2.00 bits per heavy atom. The highest BCUT2D eigenvalue weighted by atomic mass is 16.6. The number of methoxy groups -OCH3 is 2. The summed E-state index contributed by atoms with van der Waals surface area (Å²) in [6.07, 6.45) is 4.40. The highest BCUT2D eigenvalue weighted by Gasteiger charge is 2.80. The molecule has 1 aromatic rings. The smallest absolute Gasteiger partial charge is 0.344 e. The van der Waals surface area contributed by atoms with Crippen LogP contribution in [0.3, 0.4) is 0 Å². The third-order valence-electron chi connectivity index (χ3n) is 8.62. The summed E-state index contributed by atoms with van der Waals surface area (Å²) in [5, 5.41) is 12.5. The van der Waals surface area contributed by atoms with Crippen molar-refractivity contribution < 1.29 is 28.9 Å². The van der Waals surface area contributed by atoms with Crippen LogP contribution in [0.1, 0.15) is 32.3 Å². The minimum absolute atomic E-state index is 0.0589. The number of esters is 2. The molecule has 6 atom stereocenters. The molecule has 0 amide bonds. The van der Waals surface area contributed by atoms with Crippen LogP contribution in [0.25, 0.3) is 0 Å². The van der Waals surface area contributed by atoms with Gasteiger partial charge >= 0.3 is 11.9 Å². The molecule has 1 aliphatic carbocycles. The molecule has 1 spiro atoms. The molecule has 1 aromatic carbocycles. The number of aliphatic hydroxyl groups is 1. The molecule has 5 rings (SSSR count). The number of nitrogens with zero attached hydrogens (tertiary/aromatic N) is 2. The normalized spacial score (nSPS) is 38.4. The van der Waals surface area contributed by atoms with Crippen molar-refractivity contribution in [2.75, 3.05) is 39.3 Å². The van der Waals surface area contributed by atoms with E-state index in [-0.39, 0.29) is 6.04 Å². The fraction of sp³-hybridized carbons (Fsp3) is 0.600. The molecule has 0 bridgehead atoms. The zero-order chi connectivity index (χ0) is 23.8. The van der Waals surface area contributed by atoms with Crippen LogP contribution in [0.5, 0.6) is 5.75 Å². The van der Waals surface area contributed by atoms with Crippen molar-refractivity contribution in [1.82, 2.24) is 4.90 Å². The van der Waals surface area contributed by atoms with Crippen LogP contribution in [0.15, 0.2) is 30.4 Å². The lowest BCUT2D eigenvalue weighted by atomic mass is 9.47.